The zero-order valence-electron chi connectivity index (χ0n) is 11.3. The molecule has 1 saturated heterocycles. The molecule has 21 heavy (non-hydrogen) atoms. The van der Waals surface area contributed by atoms with Gasteiger partial charge in [-0.3, -0.25) is 0 Å². The molecule has 1 aromatic rings. The summed E-state index contributed by atoms with van der Waals surface area (Å²) >= 11 is 5.79. The van der Waals surface area contributed by atoms with Crippen LogP contribution in [-0.4, -0.2) is 47.0 Å². The monoisotopic (exact) mass is 323 g/mol. The predicted octanol–water partition coefficient (Wildman–Crippen LogP) is 2.55. The van der Waals surface area contributed by atoms with E-state index in [0.717, 1.165) is 0 Å². The van der Waals surface area contributed by atoms with Crippen LogP contribution >= 0.6 is 11.6 Å². The molecule has 1 aliphatic rings. The van der Waals surface area contributed by atoms with Crippen LogP contribution < -0.4 is 0 Å². The van der Waals surface area contributed by atoms with Crippen molar-refractivity contribution < 1.29 is 23.4 Å². The van der Waals surface area contributed by atoms with Gasteiger partial charge in [-0.2, -0.15) is 13.2 Å². The number of hydrogen-bond acceptors (Lipinski definition) is 3. The zero-order chi connectivity index (χ0) is 15.7. The summed E-state index contributed by atoms with van der Waals surface area (Å²) in [6, 6.07) is 6.80. The van der Waals surface area contributed by atoms with Crippen molar-refractivity contribution in [3.05, 3.63) is 34.9 Å². The molecule has 118 valence electrons. The second kappa shape index (κ2) is 6.12. The SMILES string of the molecule is OC(CN1CCC(O)(c2ccc(Cl)cc2)CC1)C(F)(F)F. The molecule has 0 aromatic heterocycles. The molecule has 0 amide bonds. The van der Waals surface area contributed by atoms with Crippen LogP contribution in [0.5, 0.6) is 0 Å². The molecule has 3 nitrogen and oxygen atoms in total. The van der Waals surface area contributed by atoms with Crippen LogP contribution in [0.4, 0.5) is 13.2 Å². The summed E-state index contributed by atoms with van der Waals surface area (Å²) in [5.41, 5.74) is -0.340. The highest BCUT2D eigenvalue weighted by Gasteiger charge is 2.41. The first-order chi connectivity index (χ1) is 9.71. The van der Waals surface area contributed by atoms with Gasteiger partial charge in [0.25, 0.3) is 0 Å². The first-order valence-electron chi connectivity index (χ1n) is 6.66. The van der Waals surface area contributed by atoms with Crippen molar-refractivity contribution in [1.82, 2.24) is 4.90 Å². The number of likely N-dealkylation sites (tertiary alicyclic amines) is 1. The Bertz CT molecular complexity index is 470. The van der Waals surface area contributed by atoms with E-state index in [9.17, 15) is 18.3 Å². The van der Waals surface area contributed by atoms with Crippen molar-refractivity contribution in [2.45, 2.75) is 30.7 Å². The Morgan fingerprint density at radius 3 is 2.19 bits per heavy atom. The van der Waals surface area contributed by atoms with Gasteiger partial charge in [0.2, 0.25) is 0 Å². The average Bonchev–Trinajstić information content (AvgIpc) is 2.41. The zero-order valence-corrected chi connectivity index (χ0v) is 12.0. The second-order valence-electron chi connectivity index (χ2n) is 5.40. The van der Waals surface area contributed by atoms with E-state index in [1.54, 1.807) is 24.3 Å². The average molecular weight is 324 g/mol. The van der Waals surface area contributed by atoms with Gasteiger partial charge in [0.05, 0.1) is 5.60 Å². The number of halogens is 4. The summed E-state index contributed by atoms with van der Waals surface area (Å²) in [4.78, 5) is 1.52. The number of aliphatic hydroxyl groups excluding tert-OH is 1. The number of hydrogen-bond donors (Lipinski definition) is 2. The van der Waals surface area contributed by atoms with Crippen molar-refractivity contribution in [2.24, 2.45) is 0 Å². The van der Waals surface area contributed by atoms with E-state index in [1.165, 1.54) is 4.90 Å². The maximum absolute atomic E-state index is 12.3. The molecule has 0 aliphatic carbocycles. The summed E-state index contributed by atoms with van der Waals surface area (Å²) in [7, 11) is 0. The lowest BCUT2D eigenvalue weighted by atomic mass is 9.84. The van der Waals surface area contributed by atoms with Crippen LogP contribution in [-0.2, 0) is 5.60 Å². The normalized spacial score (nSPS) is 21.2. The molecule has 0 saturated carbocycles. The third-order valence-electron chi connectivity index (χ3n) is 3.87. The van der Waals surface area contributed by atoms with E-state index in [2.05, 4.69) is 0 Å². The Kier molecular flexibility index (Phi) is 4.82. The van der Waals surface area contributed by atoms with E-state index in [-0.39, 0.29) is 0 Å². The van der Waals surface area contributed by atoms with E-state index in [0.29, 0.717) is 36.5 Å². The highest BCUT2D eigenvalue weighted by atomic mass is 35.5. The van der Waals surface area contributed by atoms with Crippen molar-refractivity contribution in [3.8, 4) is 0 Å². The van der Waals surface area contributed by atoms with Gasteiger partial charge < -0.3 is 15.1 Å². The lowest BCUT2D eigenvalue weighted by Gasteiger charge is -2.39. The maximum atomic E-state index is 12.3. The minimum Gasteiger partial charge on any atom is -0.385 e. The Hall–Kier alpha value is -0.820. The maximum Gasteiger partial charge on any atom is 0.415 e. The molecule has 1 aromatic carbocycles. The molecule has 2 N–H and O–H groups in total. The summed E-state index contributed by atoms with van der Waals surface area (Å²) in [5, 5.41) is 20.2. The summed E-state index contributed by atoms with van der Waals surface area (Å²) in [6.07, 6.45) is -6.32. The summed E-state index contributed by atoms with van der Waals surface area (Å²) < 4.78 is 37.0. The van der Waals surface area contributed by atoms with Crippen molar-refractivity contribution in [3.63, 3.8) is 0 Å². The molecule has 1 atom stereocenters. The lowest BCUT2D eigenvalue weighted by molar-refractivity contribution is -0.209. The van der Waals surface area contributed by atoms with Crippen LogP contribution in [0.1, 0.15) is 18.4 Å². The Labute approximate surface area is 125 Å². The number of nitrogens with zero attached hydrogens (tertiary/aromatic N) is 1. The van der Waals surface area contributed by atoms with Crippen molar-refractivity contribution >= 4 is 11.6 Å². The van der Waals surface area contributed by atoms with Crippen LogP contribution in [0.3, 0.4) is 0 Å². The number of rotatable bonds is 3. The topological polar surface area (TPSA) is 43.7 Å². The van der Waals surface area contributed by atoms with Gasteiger partial charge in [-0.15, -0.1) is 0 Å². The molecule has 7 heteroatoms. The smallest absolute Gasteiger partial charge is 0.385 e. The van der Waals surface area contributed by atoms with Crippen molar-refractivity contribution in [2.75, 3.05) is 19.6 Å². The van der Waals surface area contributed by atoms with Crippen molar-refractivity contribution in [1.29, 1.82) is 0 Å². The molecule has 0 spiro atoms. The molecule has 0 radical (unpaired) electrons. The van der Waals surface area contributed by atoms with Gasteiger partial charge in [0.15, 0.2) is 6.10 Å². The molecular formula is C14H17ClF3NO2. The quantitative estimate of drug-likeness (QED) is 0.898. The van der Waals surface area contributed by atoms with Crippen LogP contribution in [0.15, 0.2) is 24.3 Å². The summed E-state index contributed by atoms with van der Waals surface area (Å²) in [6.45, 7) is 0.138. The van der Waals surface area contributed by atoms with E-state index in [4.69, 9.17) is 16.7 Å². The number of piperidine rings is 1. The van der Waals surface area contributed by atoms with Gasteiger partial charge in [0.1, 0.15) is 0 Å². The highest BCUT2D eigenvalue weighted by molar-refractivity contribution is 6.30. The lowest BCUT2D eigenvalue weighted by Crippen LogP contribution is -2.47. The highest BCUT2D eigenvalue weighted by Crippen LogP contribution is 2.34. The van der Waals surface area contributed by atoms with E-state index >= 15 is 0 Å². The third-order valence-corrected chi connectivity index (χ3v) is 4.13. The Balaban J connectivity index is 1.95. The van der Waals surface area contributed by atoms with Gasteiger partial charge in [0, 0.05) is 24.7 Å². The fraction of sp³-hybridized carbons (Fsp3) is 0.571. The largest absolute Gasteiger partial charge is 0.415 e. The van der Waals surface area contributed by atoms with E-state index < -0.39 is 24.4 Å². The first kappa shape index (κ1) is 16.5. The number of alkyl halides is 3. The predicted molar refractivity (Wildman–Crippen MR) is 73.1 cm³/mol. The minimum atomic E-state index is -4.61. The fourth-order valence-corrected chi connectivity index (χ4v) is 2.63. The van der Waals surface area contributed by atoms with Crippen LogP contribution in [0, 0.1) is 0 Å². The molecule has 1 heterocycles. The molecule has 0 bridgehead atoms. The molecule has 1 aliphatic heterocycles. The van der Waals surface area contributed by atoms with E-state index in [1.807, 2.05) is 0 Å². The standard InChI is InChI=1S/C14H17ClF3NO2/c15-11-3-1-10(2-4-11)13(21)5-7-19(8-6-13)9-12(20)14(16,17)18/h1-4,12,20-21H,5-9H2. The number of β-amino-alcohol motifs (C(OH)–C–C–N with tert-alkyl or cyclic N) is 1. The molecule has 1 unspecified atom stereocenters. The summed E-state index contributed by atoms with van der Waals surface area (Å²) in [5.74, 6) is 0. The van der Waals surface area contributed by atoms with Gasteiger partial charge in [-0.25, -0.2) is 0 Å². The minimum absolute atomic E-state index is 0.298. The number of benzene rings is 1. The van der Waals surface area contributed by atoms with Crippen LogP contribution in [0.25, 0.3) is 0 Å². The fourth-order valence-electron chi connectivity index (χ4n) is 2.50. The van der Waals surface area contributed by atoms with Gasteiger partial charge in [-0.05, 0) is 30.5 Å². The van der Waals surface area contributed by atoms with Gasteiger partial charge in [-0.1, -0.05) is 23.7 Å². The third kappa shape index (κ3) is 4.10. The van der Waals surface area contributed by atoms with Gasteiger partial charge >= 0.3 is 6.18 Å². The Morgan fingerprint density at radius 2 is 1.71 bits per heavy atom. The Morgan fingerprint density at radius 1 is 1.19 bits per heavy atom. The molecule has 1 fully saturated rings. The molecular weight excluding hydrogens is 307 g/mol. The van der Waals surface area contributed by atoms with Crippen LogP contribution in [0.2, 0.25) is 5.02 Å². The second-order valence-corrected chi connectivity index (χ2v) is 5.83. The first-order valence-corrected chi connectivity index (χ1v) is 7.04. The molecule has 2 rings (SSSR count). The number of aliphatic hydroxyl groups is 2.